The molecule has 0 aliphatic rings. The Morgan fingerprint density at radius 3 is 2.94 bits per heavy atom. The Kier molecular flexibility index (Phi) is 3.49. The number of hydrogen-bond acceptors (Lipinski definition) is 4. The van der Waals surface area contributed by atoms with Gasteiger partial charge in [0.2, 0.25) is 0 Å². The number of thiazole rings is 1. The zero-order valence-electron chi connectivity index (χ0n) is 9.14. The van der Waals surface area contributed by atoms with Crippen molar-refractivity contribution in [3.63, 3.8) is 0 Å². The van der Waals surface area contributed by atoms with E-state index in [4.69, 9.17) is 4.74 Å². The average molecular weight is 251 g/mol. The fraction of sp³-hybridized carbons (Fsp3) is 0.167. The number of Topliss-reactive ketones (excluding diaryl/α,β-unsaturated/α-hetero) is 1. The van der Waals surface area contributed by atoms with Crippen molar-refractivity contribution in [2.24, 2.45) is 0 Å². The van der Waals surface area contributed by atoms with E-state index in [1.165, 1.54) is 30.4 Å². The molecule has 1 aromatic heterocycles. The monoisotopic (exact) mass is 251 g/mol. The van der Waals surface area contributed by atoms with E-state index in [0.717, 1.165) is 4.88 Å². The van der Waals surface area contributed by atoms with Gasteiger partial charge < -0.3 is 4.74 Å². The first kappa shape index (κ1) is 11.7. The van der Waals surface area contributed by atoms with E-state index in [1.807, 2.05) is 0 Å². The van der Waals surface area contributed by atoms with Gasteiger partial charge in [-0.2, -0.15) is 0 Å². The Morgan fingerprint density at radius 1 is 1.53 bits per heavy atom. The molecular weight excluding hydrogens is 241 g/mol. The SMILES string of the molecule is CC(=O)c1ccc(OCc2cncs2)cc1F. The van der Waals surface area contributed by atoms with Crippen LogP contribution in [-0.2, 0) is 6.61 Å². The topological polar surface area (TPSA) is 39.2 Å². The van der Waals surface area contributed by atoms with Crippen LogP contribution in [0.5, 0.6) is 5.75 Å². The number of ether oxygens (including phenoxy) is 1. The number of benzene rings is 1. The molecule has 0 N–H and O–H groups in total. The molecule has 5 heteroatoms. The van der Waals surface area contributed by atoms with Crippen LogP contribution >= 0.6 is 11.3 Å². The number of ketones is 1. The summed E-state index contributed by atoms with van der Waals surface area (Å²) in [7, 11) is 0. The molecule has 3 nitrogen and oxygen atoms in total. The van der Waals surface area contributed by atoms with Crippen molar-refractivity contribution in [1.29, 1.82) is 0 Å². The summed E-state index contributed by atoms with van der Waals surface area (Å²) in [5, 5.41) is 0. The minimum absolute atomic E-state index is 0.0788. The van der Waals surface area contributed by atoms with Crippen LogP contribution in [0.3, 0.4) is 0 Å². The minimum Gasteiger partial charge on any atom is -0.488 e. The second kappa shape index (κ2) is 5.05. The van der Waals surface area contributed by atoms with Gasteiger partial charge in [-0.05, 0) is 19.1 Å². The molecule has 0 bridgehead atoms. The number of halogens is 1. The molecule has 0 aliphatic carbocycles. The summed E-state index contributed by atoms with van der Waals surface area (Å²) in [6, 6.07) is 4.23. The van der Waals surface area contributed by atoms with Crippen LogP contribution in [0.15, 0.2) is 29.9 Å². The zero-order valence-corrected chi connectivity index (χ0v) is 9.96. The van der Waals surface area contributed by atoms with Crippen LogP contribution in [0.25, 0.3) is 0 Å². The molecule has 0 saturated carbocycles. The molecule has 0 radical (unpaired) electrons. The summed E-state index contributed by atoms with van der Waals surface area (Å²) < 4.78 is 18.8. The molecule has 2 rings (SSSR count). The molecule has 0 atom stereocenters. The lowest BCUT2D eigenvalue weighted by Gasteiger charge is -2.05. The van der Waals surface area contributed by atoms with E-state index < -0.39 is 5.82 Å². The third kappa shape index (κ3) is 2.88. The lowest BCUT2D eigenvalue weighted by atomic mass is 10.1. The number of nitrogens with zero attached hydrogens (tertiary/aromatic N) is 1. The average Bonchev–Trinajstić information content (AvgIpc) is 2.78. The first-order chi connectivity index (χ1) is 8.16. The summed E-state index contributed by atoms with van der Waals surface area (Å²) in [6.45, 7) is 1.68. The summed E-state index contributed by atoms with van der Waals surface area (Å²) in [6.07, 6.45) is 1.70. The first-order valence-corrected chi connectivity index (χ1v) is 5.85. The first-order valence-electron chi connectivity index (χ1n) is 4.97. The van der Waals surface area contributed by atoms with Crippen molar-refractivity contribution >= 4 is 17.1 Å². The maximum atomic E-state index is 13.5. The van der Waals surface area contributed by atoms with Crippen molar-refractivity contribution in [3.05, 3.63) is 46.2 Å². The summed E-state index contributed by atoms with van der Waals surface area (Å²) in [4.78, 5) is 15.9. The molecule has 1 heterocycles. The fourth-order valence-electron chi connectivity index (χ4n) is 1.34. The van der Waals surface area contributed by atoms with Gasteiger partial charge in [-0.1, -0.05) is 0 Å². The van der Waals surface area contributed by atoms with Crippen molar-refractivity contribution < 1.29 is 13.9 Å². The van der Waals surface area contributed by atoms with Gasteiger partial charge >= 0.3 is 0 Å². The van der Waals surface area contributed by atoms with Gasteiger partial charge in [-0.15, -0.1) is 11.3 Å². The third-order valence-electron chi connectivity index (χ3n) is 2.18. The van der Waals surface area contributed by atoms with Crippen LogP contribution in [0.4, 0.5) is 4.39 Å². The second-order valence-electron chi connectivity index (χ2n) is 3.45. The van der Waals surface area contributed by atoms with E-state index in [1.54, 1.807) is 17.8 Å². The number of carbonyl (C=O) groups is 1. The summed E-state index contributed by atoms with van der Waals surface area (Å²) >= 11 is 1.47. The van der Waals surface area contributed by atoms with Crippen LogP contribution < -0.4 is 4.74 Å². The van der Waals surface area contributed by atoms with Gasteiger partial charge in [0.15, 0.2) is 5.78 Å². The standard InChI is InChI=1S/C12H10FNO2S/c1-8(15)11-3-2-9(4-12(11)13)16-6-10-5-14-7-17-10/h2-5,7H,6H2,1H3. The molecule has 0 spiro atoms. The highest BCUT2D eigenvalue weighted by Crippen LogP contribution is 2.19. The van der Waals surface area contributed by atoms with E-state index in [9.17, 15) is 9.18 Å². The van der Waals surface area contributed by atoms with Crippen LogP contribution in [-0.4, -0.2) is 10.8 Å². The molecule has 0 unspecified atom stereocenters. The molecule has 17 heavy (non-hydrogen) atoms. The van der Waals surface area contributed by atoms with Crippen molar-refractivity contribution in [2.45, 2.75) is 13.5 Å². The summed E-state index contributed by atoms with van der Waals surface area (Å²) in [5.74, 6) is -0.447. The fourth-order valence-corrected chi connectivity index (χ4v) is 1.84. The highest BCUT2D eigenvalue weighted by atomic mass is 32.1. The Morgan fingerprint density at radius 2 is 2.35 bits per heavy atom. The number of hydrogen-bond donors (Lipinski definition) is 0. The van der Waals surface area contributed by atoms with Crippen LogP contribution in [0, 0.1) is 5.82 Å². The van der Waals surface area contributed by atoms with Crippen LogP contribution in [0.2, 0.25) is 0 Å². The highest BCUT2D eigenvalue weighted by Gasteiger charge is 2.08. The molecule has 0 saturated heterocycles. The Balaban J connectivity index is 2.07. The quantitative estimate of drug-likeness (QED) is 0.784. The van der Waals surface area contributed by atoms with Crippen LogP contribution in [0.1, 0.15) is 22.2 Å². The number of rotatable bonds is 4. The Hall–Kier alpha value is -1.75. The van der Waals surface area contributed by atoms with Crippen molar-refractivity contribution in [3.8, 4) is 5.75 Å². The summed E-state index contributed by atoms with van der Waals surface area (Å²) in [5.41, 5.74) is 1.79. The molecule has 0 fully saturated rings. The number of aromatic nitrogens is 1. The molecule has 0 aliphatic heterocycles. The molecule has 88 valence electrons. The highest BCUT2D eigenvalue weighted by molar-refractivity contribution is 7.09. The predicted octanol–water partition coefficient (Wildman–Crippen LogP) is 3.06. The molecule has 2 aromatic rings. The largest absolute Gasteiger partial charge is 0.488 e. The van der Waals surface area contributed by atoms with E-state index in [-0.39, 0.29) is 11.3 Å². The minimum atomic E-state index is -0.556. The van der Waals surface area contributed by atoms with Crippen molar-refractivity contribution in [2.75, 3.05) is 0 Å². The lowest BCUT2D eigenvalue weighted by molar-refractivity contribution is 0.101. The zero-order chi connectivity index (χ0) is 12.3. The predicted molar refractivity (Wildman–Crippen MR) is 62.9 cm³/mol. The normalized spacial score (nSPS) is 10.2. The van der Waals surface area contributed by atoms with E-state index in [2.05, 4.69) is 4.98 Å². The van der Waals surface area contributed by atoms with Gasteiger partial charge in [0.25, 0.3) is 0 Å². The molecule has 0 amide bonds. The number of carbonyl (C=O) groups excluding carboxylic acids is 1. The van der Waals surface area contributed by atoms with E-state index >= 15 is 0 Å². The smallest absolute Gasteiger partial charge is 0.162 e. The lowest BCUT2D eigenvalue weighted by Crippen LogP contribution is -1.99. The Labute approximate surface area is 102 Å². The molecular formula is C12H10FNO2S. The maximum absolute atomic E-state index is 13.5. The van der Waals surface area contributed by atoms with Gasteiger partial charge in [0.1, 0.15) is 18.2 Å². The Bertz CT molecular complexity index is 525. The van der Waals surface area contributed by atoms with Gasteiger partial charge in [-0.25, -0.2) is 4.39 Å². The second-order valence-corrected chi connectivity index (χ2v) is 4.43. The third-order valence-corrected chi connectivity index (χ3v) is 2.94. The van der Waals surface area contributed by atoms with E-state index in [0.29, 0.717) is 12.4 Å². The van der Waals surface area contributed by atoms with Gasteiger partial charge in [0, 0.05) is 12.3 Å². The van der Waals surface area contributed by atoms with Gasteiger partial charge in [0.05, 0.1) is 16.0 Å². The van der Waals surface area contributed by atoms with Crippen molar-refractivity contribution in [1.82, 2.24) is 4.98 Å². The molecule has 1 aromatic carbocycles. The van der Waals surface area contributed by atoms with Gasteiger partial charge in [-0.3, -0.25) is 9.78 Å². The maximum Gasteiger partial charge on any atom is 0.162 e.